The van der Waals surface area contributed by atoms with Crippen LogP contribution in [0, 0.1) is 0 Å². The number of hydrogen-bond donors (Lipinski definition) is 1. The number of thioether (sulfide) groups is 1. The molecule has 1 fully saturated rings. The van der Waals surface area contributed by atoms with Gasteiger partial charge in [-0.2, -0.15) is 0 Å². The molecule has 2 aromatic rings. The van der Waals surface area contributed by atoms with Gasteiger partial charge in [0.1, 0.15) is 11.2 Å². The Hall–Kier alpha value is -1.79. The molecule has 0 saturated carbocycles. The van der Waals surface area contributed by atoms with Crippen LogP contribution < -0.4 is 0 Å². The van der Waals surface area contributed by atoms with Gasteiger partial charge in [0.25, 0.3) is 5.91 Å². The number of carboxylic acids is 1. The number of aromatic nitrogens is 1. The van der Waals surface area contributed by atoms with Gasteiger partial charge < -0.3 is 10.0 Å². The summed E-state index contributed by atoms with van der Waals surface area (Å²) < 4.78 is 0. The fourth-order valence-electron chi connectivity index (χ4n) is 2.32. The Morgan fingerprint density at radius 1 is 1.38 bits per heavy atom. The molecule has 0 aliphatic carbocycles. The van der Waals surface area contributed by atoms with Gasteiger partial charge in [-0.1, -0.05) is 29.8 Å². The second-order valence-corrected chi connectivity index (χ2v) is 6.03. The third kappa shape index (κ3) is 2.56. The van der Waals surface area contributed by atoms with Crippen LogP contribution in [0.5, 0.6) is 0 Å². The number of rotatable bonds is 2. The van der Waals surface area contributed by atoms with E-state index in [1.165, 1.54) is 22.7 Å². The maximum Gasteiger partial charge on any atom is 0.327 e. The molecule has 1 aromatic heterocycles. The van der Waals surface area contributed by atoms with Gasteiger partial charge in [0.2, 0.25) is 0 Å². The summed E-state index contributed by atoms with van der Waals surface area (Å²) in [6.07, 6.45) is 0. The average Bonchev–Trinajstić information content (AvgIpc) is 2.95. The Balaban J connectivity index is 2.07. The van der Waals surface area contributed by atoms with Crippen molar-refractivity contribution >= 4 is 46.1 Å². The van der Waals surface area contributed by atoms with Crippen molar-refractivity contribution in [3.05, 3.63) is 41.0 Å². The lowest BCUT2D eigenvalue weighted by Crippen LogP contribution is -2.41. The van der Waals surface area contributed by atoms with E-state index in [0.717, 1.165) is 0 Å². The van der Waals surface area contributed by atoms with Gasteiger partial charge >= 0.3 is 5.97 Å². The van der Waals surface area contributed by atoms with E-state index in [2.05, 4.69) is 4.98 Å². The van der Waals surface area contributed by atoms with E-state index >= 15 is 0 Å². The van der Waals surface area contributed by atoms with E-state index in [1.54, 1.807) is 12.1 Å². The zero-order valence-electron chi connectivity index (χ0n) is 10.8. The van der Waals surface area contributed by atoms with Crippen LogP contribution in [0.4, 0.5) is 0 Å². The lowest BCUT2D eigenvalue weighted by molar-refractivity contribution is -0.140. The number of para-hydroxylation sites is 1. The topological polar surface area (TPSA) is 70.5 Å². The Morgan fingerprint density at radius 3 is 2.90 bits per heavy atom. The molecule has 5 nitrogen and oxygen atoms in total. The number of halogens is 1. The summed E-state index contributed by atoms with van der Waals surface area (Å²) in [6, 6.07) is 7.87. The number of carbonyl (C=O) groups excluding carboxylic acids is 1. The third-order valence-corrected chi connectivity index (χ3v) is 4.55. The molecule has 0 radical (unpaired) electrons. The molecule has 1 atom stereocenters. The second-order valence-electron chi connectivity index (χ2n) is 4.64. The minimum atomic E-state index is -0.988. The molecule has 0 unspecified atom stereocenters. The van der Waals surface area contributed by atoms with Crippen molar-refractivity contribution < 1.29 is 14.7 Å². The molecule has 1 aliphatic rings. The third-order valence-electron chi connectivity index (χ3n) is 3.34. The maximum absolute atomic E-state index is 12.7. The summed E-state index contributed by atoms with van der Waals surface area (Å²) in [5, 5.41) is 10.1. The Morgan fingerprint density at radius 2 is 2.14 bits per heavy atom. The van der Waals surface area contributed by atoms with Crippen molar-refractivity contribution in [2.45, 2.75) is 6.04 Å². The number of benzene rings is 1. The molecule has 0 spiro atoms. The van der Waals surface area contributed by atoms with Crippen molar-refractivity contribution in [3.8, 4) is 0 Å². The van der Waals surface area contributed by atoms with Crippen molar-refractivity contribution in [1.29, 1.82) is 0 Å². The smallest absolute Gasteiger partial charge is 0.327 e. The molecular weight excluding hydrogens is 312 g/mol. The van der Waals surface area contributed by atoms with Crippen LogP contribution in [-0.4, -0.2) is 44.5 Å². The number of aliphatic carboxylic acids is 1. The van der Waals surface area contributed by atoms with Gasteiger partial charge in [-0.05, 0) is 12.1 Å². The van der Waals surface area contributed by atoms with E-state index in [-0.39, 0.29) is 11.1 Å². The second kappa shape index (κ2) is 5.54. The first-order chi connectivity index (χ1) is 10.1. The number of nitrogens with zero attached hydrogens (tertiary/aromatic N) is 2. The van der Waals surface area contributed by atoms with Gasteiger partial charge in [0.05, 0.1) is 17.0 Å². The van der Waals surface area contributed by atoms with Gasteiger partial charge in [-0.3, -0.25) is 4.79 Å². The normalized spacial score (nSPS) is 18.1. The number of carbonyl (C=O) groups is 2. The number of amides is 1. The summed E-state index contributed by atoms with van der Waals surface area (Å²) in [5.41, 5.74) is 1.01. The quantitative estimate of drug-likeness (QED) is 0.860. The summed E-state index contributed by atoms with van der Waals surface area (Å²) in [5.74, 6) is -0.548. The van der Waals surface area contributed by atoms with Gasteiger partial charge in [0, 0.05) is 11.1 Å². The Labute approximate surface area is 129 Å². The molecule has 1 saturated heterocycles. The van der Waals surface area contributed by atoms with Crippen LogP contribution in [0.25, 0.3) is 10.9 Å². The van der Waals surface area contributed by atoms with E-state index in [0.29, 0.717) is 28.1 Å². The van der Waals surface area contributed by atoms with E-state index in [4.69, 9.17) is 11.6 Å². The molecule has 3 rings (SSSR count). The number of fused-ring (bicyclic) bond motifs is 1. The van der Waals surface area contributed by atoms with Crippen molar-refractivity contribution in [2.24, 2.45) is 0 Å². The predicted octanol–water partition coefficient (Wildman–Crippen LogP) is 2.49. The van der Waals surface area contributed by atoms with Gasteiger partial charge in [0.15, 0.2) is 0 Å². The lowest BCUT2D eigenvalue weighted by atomic mass is 10.1. The fraction of sp³-hybridized carbons (Fsp3) is 0.214. The van der Waals surface area contributed by atoms with Crippen LogP contribution >= 0.6 is 23.4 Å². The first-order valence-electron chi connectivity index (χ1n) is 6.25. The van der Waals surface area contributed by atoms with Crippen LogP contribution in [0.2, 0.25) is 5.15 Å². The molecule has 108 valence electrons. The SMILES string of the molecule is O=C(O)[C@@H]1CSCN1C(=O)c1cc(Cl)nc2ccccc12. The average molecular weight is 323 g/mol. The summed E-state index contributed by atoms with van der Waals surface area (Å²) >= 11 is 7.40. The number of pyridine rings is 1. The number of carboxylic acid groups (broad SMARTS) is 1. The van der Waals surface area contributed by atoms with Crippen LogP contribution in [0.1, 0.15) is 10.4 Å². The zero-order chi connectivity index (χ0) is 15.0. The summed E-state index contributed by atoms with van der Waals surface area (Å²) in [4.78, 5) is 29.5. The Bertz CT molecular complexity index is 737. The highest BCUT2D eigenvalue weighted by atomic mass is 35.5. The molecular formula is C14H11ClN2O3S. The molecule has 1 amide bonds. The fourth-order valence-corrected chi connectivity index (χ4v) is 3.67. The van der Waals surface area contributed by atoms with Crippen LogP contribution in [0.3, 0.4) is 0 Å². The largest absolute Gasteiger partial charge is 0.480 e. The molecule has 1 N–H and O–H groups in total. The standard InChI is InChI=1S/C14H11ClN2O3S/c15-12-5-9(8-3-1-2-4-10(8)16-12)13(18)17-7-21-6-11(17)14(19)20/h1-5,11H,6-7H2,(H,19,20)/t11-/m0/s1. The van der Waals surface area contributed by atoms with E-state index in [1.807, 2.05) is 12.1 Å². The van der Waals surface area contributed by atoms with Crippen LogP contribution in [0.15, 0.2) is 30.3 Å². The molecule has 2 heterocycles. The molecule has 1 aliphatic heterocycles. The molecule has 0 bridgehead atoms. The van der Waals surface area contributed by atoms with E-state index in [9.17, 15) is 14.7 Å². The first kappa shape index (κ1) is 14.2. The maximum atomic E-state index is 12.7. The monoisotopic (exact) mass is 322 g/mol. The number of hydrogen-bond acceptors (Lipinski definition) is 4. The van der Waals surface area contributed by atoms with Crippen molar-refractivity contribution in [2.75, 3.05) is 11.6 Å². The summed E-state index contributed by atoms with van der Waals surface area (Å²) in [6.45, 7) is 0. The highest BCUT2D eigenvalue weighted by Crippen LogP contribution is 2.27. The first-order valence-corrected chi connectivity index (χ1v) is 7.78. The van der Waals surface area contributed by atoms with Crippen LogP contribution in [-0.2, 0) is 4.79 Å². The minimum absolute atomic E-state index is 0.218. The Kier molecular flexibility index (Phi) is 3.73. The van der Waals surface area contributed by atoms with Crippen molar-refractivity contribution in [3.63, 3.8) is 0 Å². The predicted molar refractivity (Wildman–Crippen MR) is 81.7 cm³/mol. The zero-order valence-corrected chi connectivity index (χ0v) is 12.4. The molecule has 21 heavy (non-hydrogen) atoms. The lowest BCUT2D eigenvalue weighted by Gasteiger charge is -2.21. The van der Waals surface area contributed by atoms with Gasteiger partial charge in [-0.15, -0.1) is 11.8 Å². The summed E-state index contributed by atoms with van der Waals surface area (Å²) in [7, 11) is 0. The molecule has 1 aromatic carbocycles. The highest BCUT2D eigenvalue weighted by Gasteiger charge is 2.35. The van der Waals surface area contributed by atoms with E-state index < -0.39 is 12.0 Å². The molecule has 7 heteroatoms. The highest BCUT2D eigenvalue weighted by molar-refractivity contribution is 7.99. The van der Waals surface area contributed by atoms with Gasteiger partial charge in [-0.25, -0.2) is 9.78 Å². The van der Waals surface area contributed by atoms with Crippen molar-refractivity contribution in [1.82, 2.24) is 9.88 Å². The minimum Gasteiger partial charge on any atom is -0.480 e.